The number of nitrogens with zero attached hydrogens (tertiary/aromatic N) is 1. The first-order chi connectivity index (χ1) is 5.47. The second-order valence-electron chi connectivity index (χ2n) is 2.88. The van der Waals surface area contributed by atoms with Gasteiger partial charge in [-0.05, 0) is 13.3 Å². The molecule has 12 heavy (non-hydrogen) atoms. The van der Waals surface area contributed by atoms with Crippen LogP contribution in [0, 0.1) is 17.2 Å². The lowest BCUT2D eigenvalue weighted by atomic mass is 10.3. The van der Waals surface area contributed by atoms with Crippen LogP contribution >= 0.6 is 23.2 Å². The molecule has 0 aromatic carbocycles. The minimum absolute atomic E-state index is 0.242. The van der Waals surface area contributed by atoms with Gasteiger partial charge in [-0.1, -0.05) is 0 Å². The Balaban J connectivity index is 2.38. The third kappa shape index (κ3) is 2.02. The maximum Gasteiger partial charge on any atom is 0.227 e. The molecule has 1 fully saturated rings. The van der Waals surface area contributed by atoms with Crippen LogP contribution < -0.4 is 5.32 Å². The zero-order valence-electron chi connectivity index (χ0n) is 6.47. The Morgan fingerprint density at radius 2 is 2.33 bits per heavy atom. The van der Waals surface area contributed by atoms with E-state index in [1.165, 1.54) is 0 Å². The topological polar surface area (TPSA) is 52.9 Å². The lowest BCUT2D eigenvalue weighted by Gasteiger charge is -2.05. The summed E-state index contributed by atoms with van der Waals surface area (Å²) < 4.78 is -0.904. The molecular formula is C7H8Cl2N2O. The number of nitrogens with one attached hydrogen (secondary N) is 1. The second kappa shape index (κ2) is 3.12. The molecule has 1 N–H and O–H groups in total. The van der Waals surface area contributed by atoms with Gasteiger partial charge in [0.1, 0.15) is 10.4 Å². The Kier molecular flexibility index (Phi) is 2.50. The Hall–Kier alpha value is -0.460. The molecule has 0 aliphatic heterocycles. The molecule has 66 valence electrons. The third-order valence-electron chi connectivity index (χ3n) is 1.69. The average Bonchev–Trinajstić information content (AvgIpc) is 2.59. The Bertz CT molecular complexity index is 246. The first-order valence-electron chi connectivity index (χ1n) is 3.55. The summed E-state index contributed by atoms with van der Waals surface area (Å²) in [5, 5.41) is 10.9. The highest BCUT2D eigenvalue weighted by atomic mass is 35.5. The molecule has 1 aliphatic rings. The van der Waals surface area contributed by atoms with Crippen molar-refractivity contribution in [1.82, 2.24) is 5.32 Å². The maximum atomic E-state index is 11.2. The number of hydrogen-bond acceptors (Lipinski definition) is 2. The SMILES string of the molecule is CC(C#N)NC(=O)C1CC1(Cl)Cl. The van der Waals surface area contributed by atoms with Crippen molar-refractivity contribution in [2.45, 2.75) is 23.7 Å². The van der Waals surface area contributed by atoms with Crippen molar-refractivity contribution in [2.75, 3.05) is 0 Å². The lowest BCUT2D eigenvalue weighted by molar-refractivity contribution is -0.122. The van der Waals surface area contributed by atoms with Gasteiger partial charge in [-0.3, -0.25) is 4.79 Å². The van der Waals surface area contributed by atoms with Gasteiger partial charge in [0.25, 0.3) is 0 Å². The molecule has 0 aromatic rings. The highest BCUT2D eigenvalue weighted by molar-refractivity contribution is 6.52. The number of halogens is 2. The quantitative estimate of drug-likeness (QED) is 0.692. The molecule has 1 rings (SSSR count). The molecule has 0 radical (unpaired) electrons. The number of hydrogen-bond donors (Lipinski definition) is 1. The lowest BCUT2D eigenvalue weighted by Crippen LogP contribution is -2.33. The van der Waals surface area contributed by atoms with Gasteiger partial charge in [0.2, 0.25) is 5.91 Å². The summed E-state index contributed by atoms with van der Waals surface area (Å²) in [6, 6.07) is 1.40. The number of amides is 1. The fourth-order valence-electron chi connectivity index (χ4n) is 0.844. The number of rotatable bonds is 2. The van der Waals surface area contributed by atoms with Gasteiger partial charge in [-0.2, -0.15) is 5.26 Å². The molecule has 0 bridgehead atoms. The van der Waals surface area contributed by atoms with Crippen molar-refractivity contribution in [1.29, 1.82) is 5.26 Å². The summed E-state index contributed by atoms with van der Waals surface area (Å²) in [5.74, 6) is -0.592. The van der Waals surface area contributed by atoms with Gasteiger partial charge in [0.15, 0.2) is 0 Å². The summed E-state index contributed by atoms with van der Waals surface area (Å²) in [6.45, 7) is 1.60. The first kappa shape index (κ1) is 9.63. The Morgan fingerprint density at radius 1 is 1.83 bits per heavy atom. The van der Waals surface area contributed by atoms with Crippen LogP contribution in [0.4, 0.5) is 0 Å². The average molecular weight is 207 g/mol. The van der Waals surface area contributed by atoms with Crippen molar-refractivity contribution in [3.8, 4) is 6.07 Å². The summed E-state index contributed by atoms with van der Waals surface area (Å²) in [5.41, 5.74) is 0. The van der Waals surface area contributed by atoms with E-state index in [4.69, 9.17) is 28.5 Å². The van der Waals surface area contributed by atoms with Gasteiger partial charge < -0.3 is 5.32 Å². The van der Waals surface area contributed by atoms with Crippen LogP contribution in [0.25, 0.3) is 0 Å². The Morgan fingerprint density at radius 3 is 2.67 bits per heavy atom. The van der Waals surface area contributed by atoms with Gasteiger partial charge in [-0.25, -0.2) is 0 Å². The summed E-state index contributed by atoms with van der Waals surface area (Å²) in [7, 11) is 0. The molecule has 2 atom stereocenters. The molecule has 5 heteroatoms. The number of carbonyl (C=O) groups excluding carboxylic acids is 1. The molecule has 0 aromatic heterocycles. The standard InChI is InChI=1S/C7H8Cl2N2O/c1-4(3-10)11-6(12)5-2-7(5,8)9/h4-5H,2H2,1H3,(H,11,12). The van der Waals surface area contributed by atoms with Crippen LogP contribution in [-0.2, 0) is 4.79 Å². The third-order valence-corrected chi connectivity index (χ3v) is 2.53. The minimum Gasteiger partial charge on any atom is -0.340 e. The smallest absolute Gasteiger partial charge is 0.227 e. The molecule has 1 saturated carbocycles. The fraction of sp³-hybridized carbons (Fsp3) is 0.714. The van der Waals surface area contributed by atoms with E-state index in [1.807, 2.05) is 6.07 Å². The van der Waals surface area contributed by atoms with Crippen LogP contribution in [0.15, 0.2) is 0 Å². The molecule has 0 heterocycles. The van der Waals surface area contributed by atoms with Crippen molar-refractivity contribution < 1.29 is 4.79 Å². The maximum absolute atomic E-state index is 11.2. The highest BCUT2D eigenvalue weighted by Crippen LogP contribution is 2.53. The van der Waals surface area contributed by atoms with Crippen LogP contribution in [0.3, 0.4) is 0 Å². The van der Waals surface area contributed by atoms with Crippen LogP contribution in [0.1, 0.15) is 13.3 Å². The van der Waals surface area contributed by atoms with Crippen molar-refractivity contribution in [3.63, 3.8) is 0 Å². The summed E-state index contributed by atoms with van der Waals surface area (Å²) >= 11 is 11.3. The van der Waals surface area contributed by atoms with E-state index in [0.717, 1.165) is 0 Å². The van der Waals surface area contributed by atoms with Crippen LogP contribution in [0.2, 0.25) is 0 Å². The highest BCUT2D eigenvalue weighted by Gasteiger charge is 2.56. The van der Waals surface area contributed by atoms with Crippen LogP contribution in [-0.4, -0.2) is 16.3 Å². The zero-order chi connectivity index (χ0) is 9.35. The van der Waals surface area contributed by atoms with E-state index in [-0.39, 0.29) is 11.8 Å². The molecular weight excluding hydrogens is 199 g/mol. The van der Waals surface area contributed by atoms with E-state index in [1.54, 1.807) is 6.92 Å². The van der Waals surface area contributed by atoms with E-state index in [2.05, 4.69) is 5.32 Å². The second-order valence-corrected chi connectivity index (χ2v) is 4.42. The number of carbonyl (C=O) groups is 1. The van der Waals surface area contributed by atoms with Gasteiger partial charge in [-0.15, -0.1) is 23.2 Å². The van der Waals surface area contributed by atoms with Gasteiger partial charge in [0.05, 0.1) is 12.0 Å². The molecule has 2 unspecified atom stereocenters. The van der Waals surface area contributed by atoms with E-state index < -0.39 is 10.4 Å². The predicted octanol–water partition coefficient (Wildman–Crippen LogP) is 1.21. The molecule has 1 amide bonds. The zero-order valence-corrected chi connectivity index (χ0v) is 7.99. The normalized spacial score (nSPS) is 27.0. The number of alkyl halides is 2. The van der Waals surface area contributed by atoms with E-state index in [9.17, 15) is 4.79 Å². The van der Waals surface area contributed by atoms with Crippen molar-refractivity contribution in [3.05, 3.63) is 0 Å². The molecule has 0 spiro atoms. The summed E-state index contributed by atoms with van der Waals surface area (Å²) in [6.07, 6.45) is 0.472. The number of nitriles is 1. The first-order valence-corrected chi connectivity index (χ1v) is 4.31. The molecule has 3 nitrogen and oxygen atoms in total. The Labute approximate surface area is 80.6 Å². The fourth-order valence-corrected chi connectivity index (χ4v) is 1.35. The van der Waals surface area contributed by atoms with Crippen molar-refractivity contribution in [2.24, 2.45) is 5.92 Å². The molecule has 0 saturated heterocycles. The van der Waals surface area contributed by atoms with Gasteiger partial charge >= 0.3 is 0 Å². The van der Waals surface area contributed by atoms with E-state index >= 15 is 0 Å². The molecule has 1 aliphatic carbocycles. The van der Waals surface area contributed by atoms with E-state index in [0.29, 0.717) is 6.42 Å². The monoisotopic (exact) mass is 206 g/mol. The van der Waals surface area contributed by atoms with Gasteiger partial charge in [0, 0.05) is 0 Å². The summed E-state index contributed by atoms with van der Waals surface area (Å²) in [4.78, 5) is 11.2. The minimum atomic E-state index is -0.904. The largest absolute Gasteiger partial charge is 0.340 e. The predicted molar refractivity (Wildman–Crippen MR) is 45.8 cm³/mol. The van der Waals surface area contributed by atoms with Crippen molar-refractivity contribution >= 4 is 29.1 Å². The van der Waals surface area contributed by atoms with Crippen LogP contribution in [0.5, 0.6) is 0 Å².